The SMILES string of the molecule is CNc1nc(CCNC(=O)c2c(Cl)ccc(Cl)c2OC)cs1. The summed E-state index contributed by atoms with van der Waals surface area (Å²) in [6.45, 7) is 0.442. The van der Waals surface area contributed by atoms with Crippen molar-refractivity contribution < 1.29 is 9.53 Å². The maximum atomic E-state index is 12.3. The van der Waals surface area contributed by atoms with Crippen molar-refractivity contribution in [3.63, 3.8) is 0 Å². The monoisotopic (exact) mass is 359 g/mol. The minimum atomic E-state index is -0.326. The molecule has 0 aliphatic rings. The molecule has 22 heavy (non-hydrogen) atoms. The van der Waals surface area contributed by atoms with Gasteiger partial charge in [-0.2, -0.15) is 0 Å². The normalized spacial score (nSPS) is 10.4. The number of benzene rings is 1. The minimum absolute atomic E-state index is 0.242. The van der Waals surface area contributed by atoms with Gasteiger partial charge in [-0.05, 0) is 12.1 Å². The third kappa shape index (κ3) is 3.82. The summed E-state index contributed by atoms with van der Waals surface area (Å²) in [7, 11) is 3.26. The second kappa shape index (κ2) is 7.67. The number of anilines is 1. The first kappa shape index (κ1) is 16.9. The predicted octanol–water partition coefficient (Wildman–Crippen LogP) is 3.47. The van der Waals surface area contributed by atoms with Crippen LogP contribution in [0.4, 0.5) is 5.13 Å². The van der Waals surface area contributed by atoms with Crippen LogP contribution in [-0.4, -0.2) is 31.6 Å². The maximum Gasteiger partial charge on any atom is 0.256 e. The lowest BCUT2D eigenvalue weighted by Gasteiger charge is -2.12. The minimum Gasteiger partial charge on any atom is -0.494 e. The molecular formula is C14H15Cl2N3O2S. The number of halogens is 2. The standard InChI is InChI=1S/C14H15Cl2N3O2S/c1-17-14-19-8(7-22-14)5-6-18-13(20)11-9(15)3-4-10(16)12(11)21-2/h3-4,7H,5-6H2,1-2H3,(H,17,19)(H,18,20). The molecule has 0 radical (unpaired) electrons. The number of nitrogens with one attached hydrogen (secondary N) is 2. The zero-order valence-corrected chi connectivity index (χ0v) is 14.4. The van der Waals surface area contributed by atoms with Gasteiger partial charge in [0, 0.05) is 25.4 Å². The predicted molar refractivity (Wildman–Crippen MR) is 90.7 cm³/mol. The van der Waals surface area contributed by atoms with Gasteiger partial charge >= 0.3 is 0 Å². The lowest BCUT2D eigenvalue weighted by molar-refractivity contribution is 0.0951. The summed E-state index contributed by atoms with van der Waals surface area (Å²) in [6, 6.07) is 3.16. The van der Waals surface area contributed by atoms with E-state index in [0.717, 1.165) is 10.8 Å². The summed E-state index contributed by atoms with van der Waals surface area (Å²) in [6.07, 6.45) is 0.629. The van der Waals surface area contributed by atoms with Crippen LogP contribution in [0.25, 0.3) is 0 Å². The van der Waals surface area contributed by atoms with Crippen molar-refractivity contribution in [2.45, 2.75) is 6.42 Å². The topological polar surface area (TPSA) is 63.2 Å². The van der Waals surface area contributed by atoms with E-state index in [2.05, 4.69) is 15.6 Å². The van der Waals surface area contributed by atoms with Gasteiger partial charge in [-0.25, -0.2) is 4.98 Å². The van der Waals surface area contributed by atoms with Gasteiger partial charge in [0.1, 0.15) is 5.56 Å². The maximum absolute atomic E-state index is 12.3. The molecule has 2 aromatic rings. The summed E-state index contributed by atoms with van der Waals surface area (Å²) in [5, 5.41) is 9.21. The Morgan fingerprint density at radius 2 is 2.09 bits per heavy atom. The molecule has 0 aliphatic heterocycles. The van der Waals surface area contributed by atoms with E-state index < -0.39 is 0 Å². The Bertz CT molecular complexity index is 676. The number of aromatic nitrogens is 1. The molecule has 8 heteroatoms. The molecule has 0 aliphatic carbocycles. The second-order valence-electron chi connectivity index (χ2n) is 4.34. The van der Waals surface area contributed by atoms with Crippen molar-refractivity contribution >= 4 is 45.6 Å². The number of ether oxygens (including phenoxy) is 1. The number of carbonyl (C=O) groups excluding carboxylic acids is 1. The van der Waals surface area contributed by atoms with Crippen molar-refractivity contribution in [1.82, 2.24) is 10.3 Å². The number of methoxy groups -OCH3 is 1. The van der Waals surface area contributed by atoms with Crippen molar-refractivity contribution in [2.24, 2.45) is 0 Å². The van der Waals surface area contributed by atoms with Crippen LogP contribution in [0.15, 0.2) is 17.5 Å². The molecule has 1 aromatic carbocycles. The zero-order valence-electron chi connectivity index (χ0n) is 12.1. The Labute approximate surface area is 142 Å². The molecule has 0 saturated heterocycles. The van der Waals surface area contributed by atoms with Crippen LogP contribution in [0.3, 0.4) is 0 Å². The van der Waals surface area contributed by atoms with Crippen LogP contribution in [0.2, 0.25) is 10.0 Å². The van der Waals surface area contributed by atoms with Crippen molar-refractivity contribution in [1.29, 1.82) is 0 Å². The molecule has 118 valence electrons. The Morgan fingerprint density at radius 1 is 1.36 bits per heavy atom. The van der Waals surface area contributed by atoms with Gasteiger partial charge in [-0.15, -0.1) is 11.3 Å². The number of hydrogen-bond donors (Lipinski definition) is 2. The molecule has 1 aromatic heterocycles. The van der Waals surface area contributed by atoms with E-state index in [4.69, 9.17) is 27.9 Å². The summed E-state index contributed by atoms with van der Waals surface area (Å²) < 4.78 is 5.16. The van der Waals surface area contributed by atoms with Crippen LogP contribution in [0, 0.1) is 0 Å². The molecular weight excluding hydrogens is 345 g/mol. The van der Waals surface area contributed by atoms with Crippen LogP contribution in [-0.2, 0) is 6.42 Å². The quantitative estimate of drug-likeness (QED) is 0.828. The summed E-state index contributed by atoms with van der Waals surface area (Å²) >= 11 is 13.6. The molecule has 0 atom stereocenters. The fourth-order valence-corrected chi connectivity index (χ4v) is 3.05. The second-order valence-corrected chi connectivity index (χ2v) is 6.01. The molecule has 2 rings (SSSR count). The molecule has 1 amide bonds. The summed E-state index contributed by atoms with van der Waals surface area (Å²) in [5.41, 5.74) is 1.16. The number of carbonyl (C=O) groups is 1. The highest BCUT2D eigenvalue weighted by Gasteiger charge is 2.19. The Hall–Kier alpha value is -1.50. The third-order valence-electron chi connectivity index (χ3n) is 2.92. The molecule has 0 unspecified atom stereocenters. The number of rotatable bonds is 6. The molecule has 0 bridgehead atoms. The number of thiazole rings is 1. The first-order valence-electron chi connectivity index (χ1n) is 6.49. The number of nitrogens with zero attached hydrogens (tertiary/aromatic N) is 1. The van der Waals surface area contributed by atoms with E-state index in [-0.39, 0.29) is 17.2 Å². The van der Waals surface area contributed by atoms with Gasteiger partial charge in [0.05, 0.1) is 22.8 Å². The average Bonchev–Trinajstić information content (AvgIpc) is 2.97. The Morgan fingerprint density at radius 3 is 2.73 bits per heavy atom. The van der Waals surface area contributed by atoms with Gasteiger partial charge in [-0.1, -0.05) is 23.2 Å². The van der Waals surface area contributed by atoms with Crippen LogP contribution in [0.1, 0.15) is 16.1 Å². The first-order valence-corrected chi connectivity index (χ1v) is 8.12. The average molecular weight is 360 g/mol. The first-order chi connectivity index (χ1) is 10.6. The van der Waals surface area contributed by atoms with E-state index in [1.54, 1.807) is 12.1 Å². The molecule has 5 nitrogen and oxygen atoms in total. The number of amides is 1. The molecule has 2 N–H and O–H groups in total. The fraction of sp³-hybridized carbons (Fsp3) is 0.286. The van der Waals surface area contributed by atoms with Gasteiger partial charge < -0.3 is 15.4 Å². The van der Waals surface area contributed by atoms with Crippen LogP contribution in [0.5, 0.6) is 5.75 Å². The van der Waals surface area contributed by atoms with E-state index in [0.29, 0.717) is 23.0 Å². The zero-order chi connectivity index (χ0) is 16.1. The lowest BCUT2D eigenvalue weighted by Crippen LogP contribution is -2.26. The van der Waals surface area contributed by atoms with Crippen molar-refractivity contribution in [3.05, 3.63) is 38.8 Å². The molecule has 0 saturated carbocycles. The van der Waals surface area contributed by atoms with Crippen LogP contribution < -0.4 is 15.4 Å². The largest absolute Gasteiger partial charge is 0.494 e. The van der Waals surface area contributed by atoms with E-state index in [1.165, 1.54) is 18.4 Å². The van der Waals surface area contributed by atoms with Crippen molar-refractivity contribution in [3.8, 4) is 5.75 Å². The van der Waals surface area contributed by atoms with Gasteiger partial charge in [0.2, 0.25) is 0 Å². The highest BCUT2D eigenvalue weighted by atomic mass is 35.5. The van der Waals surface area contributed by atoms with Crippen molar-refractivity contribution in [2.75, 3.05) is 26.0 Å². The lowest BCUT2D eigenvalue weighted by atomic mass is 10.2. The van der Waals surface area contributed by atoms with E-state index >= 15 is 0 Å². The van der Waals surface area contributed by atoms with Gasteiger partial charge in [0.15, 0.2) is 10.9 Å². The smallest absolute Gasteiger partial charge is 0.256 e. The fourth-order valence-electron chi connectivity index (χ4n) is 1.87. The van der Waals surface area contributed by atoms with Gasteiger partial charge in [0.25, 0.3) is 5.91 Å². The summed E-state index contributed by atoms with van der Waals surface area (Å²) in [4.78, 5) is 16.6. The Balaban J connectivity index is 2.02. The number of hydrogen-bond acceptors (Lipinski definition) is 5. The highest BCUT2D eigenvalue weighted by Crippen LogP contribution is 2.33. The third-order valence-corrected chi connectivity index (χ3v) is 4.44. The highest BCUT2D eigenvalue weighted by molar-refractivity contribution is 7.13. The van der Waals surface area contributed by atoms with Crippen LogP contribution >= 0.6 is 34.5 Å². The molecule has 1 heterocycles. The van der Waals surface area contributed by atoms with E-state index in [1.807, 2.05) is 12.4 Å². The van der Waals surface area contributed by atoms with E-state index in [9.17, 15) is 4.79 Å². The molecule has 0 fully saturated rings. The molecule has 0 spiro atoms. The summed E-state index contributed by atoms with van der Waals surface area (Å²) in [5.74, 6) is -0.0498. The Kier molecular flexibility index (Phi) is 5.88. The van der Waals surface area contributed by atoms with Gasteiger partial charge in [-0.3, -0.25) is 4.79 Å².